The zero-order valence-electron chi connectivity index (χ0n) is 11.2. The summed E-state index contributed by atoms with van der Waals surface area (Å²) < 4.78 is 4.93. The van der Waals surface area contributed by atoms with Crippen LogP contribution in [0.2, 0.25) is 0 Å². The third-order valence-electron chi connectivity index (χ3n) is 3.53. The number of nitrogens with one attached hydrogen (secondary N) is 1. The fraction of sp³-hybridized carbons (Fsp3) is 0.571. The molecule has 0 heterocycles. The molecule has 18 heavy (non-hydrogen) atoms. The molecule has 0 aliphatic heterocycles. The van der Waals surface area contributed by atoms with Gasteiger partial charge in [-0.15, -0.1) is 0 Å². The van der Waals surface area contributed by atoms with Crippen molar-refractivity contribution < 1.29 is 14.7 Å². The molecular weight excluding hydrogens is 230 g/mol. The first-order valence-electron chi connectivity index (χ1n) is 6.33. The lowest BCUT2D eigenvalue weighted by molar-refractivity contribution is -0.0130. The number of rotatable bonds is 5. The summed E-state index contributed by atoms with van der Waals surface area (Å²) in [6, 6.07) is 3.79. The van der Waals surface area contributed by atoms with Crippen LogP contribution in [0.1, 0.15) is 42.0 Å². The highest BCUT2D eigenvalue weighted by atomic mass is 16.7. The fourth-order valence-corrected chi connectivity index (χ4v) is 2.74. The highest BCUT2D eigenvalue weighted by molar-refractivity contribution is 5.50. The Morgan fingerprint density at radius 2 is 2.11 bits per heavy atom. The number of phenolic OH excluding ortho intramolecular Hbond substituents is 1. The molecule has 0 bridgehead atoms. The van der Waals surface area contributed by atoms with Crippen molar-refractivity contribution in [3.8, 4) is 5.75 Å². The summed E-state index contributed by atoms with van der Waals surface area (Å²) >= 11 is 0. The second kappa shape index (κ2) is 5.69. The van der Waals surface area contributed by atoms with Crippen molar-refractivity contribution in [3.05, 3.63) is 28.8 Å². The number of methoxy groups -OCH3 is 1. The van der Waals surface area contributed by atoms with Crippen molar-refractivity contribution >= 4 is 0 Å². The van der Waals surface area contributed by atoms with Gasteiger partial charge < -0.3 is 9.84 Å². The van der Waals surface area contributed by atoms with E-state index in [2.05, 4.69) is 19.3 Å². The van der Waals surface area contributed by atoms with E-state index in [-0.39, 0.29) is 6.04 Å². The Balaban J connectivity index is 2.12. The topological polar surface area (TPSA) is 50.7 Å². The summed E-state index contributed by atoms with van der Waals surface area (Å²) in [5, 5.41) is 10.0. The summed E-state index contributed by atoms with van der Waals surface area (Å²) in [6.45, 7) is 5.33. The van der Waals surface area contributed by atoms with Gasteiger partial charge in [-0.25, -0.2) is 0 Å². The molecule has 1 aromatic carbocycles. The number of benzene rings is 1. The summed E-state index contributed by atoms with van der Waals surface area (Å²) in [4.78, 5) is 5.37. The van der Waals surface area contributed by atoms with Crippen LogP contribution >= 0.6 is 0 Å². The molecule has 0 aromatic heterocycles. The molecule has 0 radical (unpaired) electrons. The predicted molar refractivity (Wildman–Crippen MR) is 69.6 cm³/mol. The van der Waals surface area contributed by atoms with Gasteiger partial charge in [0.15, 0.2) is 0 Å². The lowest BCUT2D eigenvalue weighted by Gasteiger charge is -2.15. The molecule has 1 aliphatic rings. The van der Waals surface area contributed by atoms with Crippen LogP contribution in [0.4, 0.5) is 0 Å². The van der Waals surface area contributed by atoms with E-state index < -0.39 is 0 Å². The van der Waals surface area contributed by atoms with Gasteiger partial charge in [-0.05, 0) is 36.5 Å². The minimum Gasteiger partial charge on any atom is -0.508 e. The van der Waals surface area contributed by atoms with Crippen LogP contribution in [0.15, 0.2) is 12.1 Å². The second-order valence-corrected chi connectivity index (χ2v) is 4.88. The van der Waals surface area contributed by atoms with Crippen molar-refractivity contribution in [2.24, 2.45) is 0 Å². The number of phenols is 1. The van der Waals surface area contributed by atoms with Crippen LogP contribution in [0.3, 0.4) is 0 Å². The van der Waals surface area contributed by atoms with Crippen LogP contribution in [0, 0.1) is 6.92 Å². The van der Waals surface area contributed by atoms with E-state index in [0.717, 1.165) is 12.0 Å². The molecule has 0 saturated carbocycles. The Bertz CT molecular complexity index is 420. The van der Waals surface area contributed by atoms with E-state index in [4.69, 9.17) is 9.57 Å². The average molecular weight is 251 g/mol. The van der Waals surface area contributed by atoms with E-state index in [0.29, 0.717) is 24.9 Å². The van der Waals surface area contributed by atoms with Gasteiger partial charge in [-0.1, -0.05) is 13.0 Å². The molecule has 2 rings (SSSR count). The molecule has 100 valence electrons. The van der Waals surface area contributed by atoms with Crippen LogP contribution in [-0.4, -0.2) is 25.4 Å². The first-order chi connectivity index (χ1) is 8.65. The molecule has 4 heteroatoms. The molecule has 1 aromatic rings. The number of aromatic hydroxyl groups is 1. The van der Waals surface area contributed by atoms with Crippen molar-refractivity contribution in [3.63, 3.8) is 0 Å². The van der Waals surface area contributed by atoms with Gasteiger partial charge in [0.2, 0.25) is 0 Å². The zero-order valence-corrected chi connectivity index (χ0v) is 11.2. The van der Waals surface area contributed by atoms with Crippen LogP contribution in [-0.2, 0) is 9.57 Å². The number of hydrogen-bond donors (Lipinski definition) is 2. The first-order valence-corrected chi connectivity index (χ1v) is 6.33. The van der Waals surface area contributed by atoms with Gasteiger partial charge in [0, 0.05) is 12.7 Å². The molecule has 2 unspecified atom stereocenters. The number of aryl methyl sites for hydroxylation is 1. The van der Waals surface area contributed by atoms with Gasteiger partial charge >= 0.3 is 0 Å². The number of ether oxygens (including phenoxy) is 1. The van der Waals surface area contributed by atoms with Gasteiger partial charge in [0.1, 0.15) is 5.75 Å². The van der Waals surface area contributed by atoms with E-state index in [1.54, 1.807) is 13.2 Å². The SMILES string of the molecule is COCCONC1CC(C)c2c(C)ccc(O)c21. The standard InChI is InChI=1S/C14H21NO3/c1-9-4-5-12(16)14-11(8-10(2)13(9)14)15-18-7-6-17-3/h4-5,10-11,15-16H,6-8H2,1-3H3. The Hall–Kier alpha value is -1.10. The average Bonchev–Trinajstić information content (AvgIpc) is 2.68. The van der Waals surface area contributed by atoms with Crippen LogP contribution < -0.4 is 5.48 Å². The van der Waals surface area contributed by atoms with Gasteiger partial charge in [0.25, 0.3) is 0 Å². The minimum absolute atomic E-state index is 0.0618. The molecule has 0 spiro atoms. The molecule has 2 N–H and O–H groups in total. The van der Waals surface area contributed by atoms with E-state index >= 15 is 0 Å². The van der Waals surface area contributed by atoms with E-state index in [9.17, 15) is 5.11 Å². The minimum atomic E-state index is 0.0618. The number of hydrogen-bond acceptors (Lipinski definition) is 4. The third-order valence-corrected chi connectivity index (χ3v) is 3.53. The van der Waals surface area contributed by atoms with Crippen molar-refractivity contribution in [1.29, 1.82) is 0 Å². The number of fused-ring (bicyclic) bond motifs is 1. The summed E-state index contributed by atoms with van der Waals surface area (Å²) in [7, 11) is 1.64. The molecule has 0 amide bonds. The normalized spacial score (nSPS) is 22.2. The Morgan fingerprint density at radius 1 is 1.33 bits per heavy atom. The second-order valence-electron chi connectivity index (χ2n) is 4.88. The first kappa shape index (κ1) is 13.3. The molecule has 0 saturated heterocycles. The third kappa shape index (κ3) is 2.51. The Morgan fingerprint density at radius 3 is 2.83 bits per heavy atom. The van der Waals surface area contributed by atoms with E-state index in [1.165, 1.54) is 11.1 Å². The maximum Gasteiger partial charge on any atom is 0.120 e. The van der Waals surface area contributed by atoms with Gasteiger partial charge in [-0.3, -0.25) is 4.84 Å². The van der Waals surface area contributed by atoms with Gasteiger partial charge in [0.05, 0.1) is 19.3 Å². The summed E-state index contributed by atoms with van der Waals surface area (Å²) in [5.74, 6) is 0.795. The van der Waals surface area contributed by atoms with Crippen LogP contribution in [0.5, 0.6) is 5.75 Å². The van der Waals surface area contributed by atoms with E-state index in [1.807, 2.05) is 6.07 Å². The fourth-order valence-electron chi connectivity index (χ4n) is 2.74. The molecule has 0 fully saturated rings. The number of hydroxylamine groups is 1. The Kier molecular flexibility index (Phi) is 4.22. The lowest BCUT2D eigenvalue weighted by Crippen LogP contribution is -2.22. The monoisotopic (exact) mass is 251 g/mol. The lowest BCUT2D eigenvalue weighted by atomic mass is 9.97. The van der Waals surface area contributed by atoms with Crippen LogP contribution in [0.25, 0.3) is 0 Å². The smallest absolute Gasteiger partial charge is 0.120 e. The molecule has 4 nitrogen and oxygen atoms in total. The van der Waals surface area contributed by atoms with Crippen molar-refractivity contribution in [2.45, 2.75) is 32.2 Å². The van der Waals surface area contributed by atoms with Crippen molar-refractivity contribution in [2.75, 3.05) is 20.3 Å². The summed E-state index contributed by atoms with van der Waals surface area (Å²) in [5.41, 5.74) is 6.50. The summed E-state index contributed by atoms with van der Waals surface area (Å²) in [6.07, 6.45) is 0.945. The van der Waals surface area contributed by atoms with Crippen molar-refractivity contribution in [1.82, 2.24) is 5.48 Å². The maximum absolute atomic E-state index is 10.0. The zero-order chi connectivity index (χ0) is 13.1. The van der Waals surface area contributed by atoms with Gasteiger partial charge in [-0.2, -0.15) is 5.48 Å². The molecule has 1 aliphatic carbocycles. The maximum atomic E-state index is 10.0. The molecule has 2 atom stereocenters. The Labute approximate surface area is 108 Å². The highest BCUT2D eigenvalue weighted by Crippen LogP contribution is 2.45. The quantitative estimate of drug-likeness (QED) is 0.623. The highest BCUT2D eigenvalue weighted by Gasteiger charge is 2.32. The largest absolute Gasteiger partial charge is 0.508 e. The predicted octanol–water partition coefficient (Wildman–Crippen LogP) is 2.42. The molecular formula is C14H21NO3.